The van der Waals surface area contributed by atoms with Gasteiger partial charge in [0.15, 0.2) is 0 Å². The Morgan fingerprint density at radius 1 is 1.09 bits per heavy atom. The first kappa shape index (κ1) is 20.6. The summed E-state index contributed by atoms with van der Waals surface area (Å²) in [7, 11) is 1.78. The van der Waals surface area contributed by atoms with E-state index in [1.54, 1.807) is 30.1 Å². The Kier molecular flexibility index (Phi) is 4.97. The molecule has 8 heteroatoms. The van der Waals surface area contributed by atoms with E-state index in [-0.39, 0.29) is 23.6 Å². The van der Waals surface area contributed by atoms with Crippen LogP contribution in [0.2, 0.25) is 0 Å². The van der Waals surface area contributed by atoms with E-state index in [1.807, 2.05) is 13.8 Å². The second kappa shape index (κ2) is 7.70. The summed E-state index contributed by atoms with van der Waals surface area (Å²) in [4.78, 5) is 17.1. The minimum absolute atomic E-state index is 0.124. The van der Waals surface area contributed by atoms with Gasteiger partial charge in [0, 0.05) is 43.9 Å². The van der Waals surface area contributed by atoms with Gasteiger partial charge < -0.3 is 14.2 Å². The zero-order valence-corrected chi connectivity index (χ0v) is 18.1. The number of likely N-dealkylation sites (N-methyl/N-ethyl adjacent to an activating group) is 1. The standard InChI is InChI=1S/C24H23F2N3O3/c1-13-19(14(2)32-27-13)10-29-11-21-23(12-29)31-22-8-15(4-6-18(22)24(30)28(21)3)17-7-5-16(25)9-20(17)26/h4-9,21,23H,10-12H2,1-3H3. The summed E-state index contributed by atoms with van der Waals surface area (Å²) in [6.45, 7) is 5.75. The van der Waals surface area contributed by atoms with Crippen LogP contribution >= 0.6 is 0 Å². The zero-order valence-electron chi connectivity index (χ0n) is 18.1. The van der Waals surface area contributed by atoms with Gasteiger partial charge in [-0.2, -0.15) is 0 Å². The molecule has 32 heavy (non-hydrogen) atoms. The first-order chi connectivity index (χ1) is 15.3. The number of halogens is 2. The topological polar surface area (TPSA) is 58.8 Å². The molecule has 1 fully saturated rings. The third-order valence-electron chi connectivity index (χ3n) is 6.43. The summed E-state index contributed by atoms with van der Waals surface area (Å²) in [5.74, 6) is -0.239. The van der Waals surface area contributed by atoms with E-state index in [1.165, 1.54) is 12.1 Å². The maximum absolute atomic E-state index is 14.3. The van der Waals surface area contributed by atoms with Crippen LogP contribution in [0.4, 0.5) is 8.78 Å². The fraction of sp³-hybridized carbons (Fsp3) is 0.333. The van der Waals surface area contributed by atoms with Crippen LogP contribution in [-0.2, 0) is 6.54 Å². The molecule has 2 unspecified atom stereocenters. The van der Waals surface area contributed by atoms with Gasteiger partial charge in [-0.3, -0.25) is 9.69 Å². The Morgan fingerprint density at radius 2 is 1.88 bits per heavy atom. The molecule has 0 bridgehead atoms. The van der Waals surface area contributed by atoms with E-state index in [2.05, 4.69) is 10.1 Å². The monoisotopic (exact) mass is 439 g/mol. The van der Waals surface area contributed by atoms with Gasteiger partial charge in [-0.1, -0.05) is 11.2 Å². The van der Waals surface area contributed by atoms with Crippen molar-refractivity contribution in [3.8, 4) is 16.9 Å². The molecule has 3 heterocycles. The SMILES string of the molecule is Cc1noc(C)c1CN1CC2Oc3cc(-c4ccc(F)cc4F)ccc3C(=O)N(C)C2C1. The predicted molar refractivity (Wildman–Crippen MR) is 113 cm³/mol. The number of benzene rings is 2. The van der Waals surface area contributed by atoms with Crippen molar-refractivity contribution in [1.82, 2.24) is 15.0 Å². The lowest BCUT2D eigenvalue weighted by Gasteiger charge is -2.25. The third kappa shape index (κ3) is 3.44. The minimum atomic E-state index is -0.661. The molecule has 166 valence electrons. The van der Waals surface area contributed by atoms with E-state index in [4.69, 9.17) is 9.26 Å². The second-order valence-electron chi connectivity index (χ2n) is 8.47. The van der Waals surface area contributed by atoms with Crippen LogP contribution in [0.15, 0.2) is 40.9 Å². The predicted octanol–water partition coefficient (Wildman–Crippen LogP) is 3.95. The van der Waals surface area contributed by atoms with Crippen LogP contribution in [0.25, 0.3) is 11.1 Å². The Hall–Kier alpha value is -3.26. The lowest BCUT2D eigenvalue weighted by Crippen LogP contribution is -2.44. The highest BCUT2D eigenvalue weighted by Crippen LogP contribution is 2.35. The van der Waals surface area contributed by atoms with Gasteiger partial charge in [0.2, 0.25) is 0 Å². The van der Waals surface area contributed by atoms with Crippen molar-refractivity contribution in [1.29, 1.82) is 0 Å². The molecule has 6 nitrogen and oxygen atoms in total. The number of carbonyl (C=O) groups is 1. The molecule has 2 aromatic carbocycles. The molecule has 0 aliphatic carbocycles. The summed E-state index contributed by atoms with van der Waals surface area (Å²) >= 11 is 0. The Labute approximate surface area is 184 Å². The number of hydrogen-bond donors (Lipinski definition) is 0. The van der Waals surface area contributed by atoms with Crippen LogP contribution < -0.4 is 4.74 Å². The van der Waals surface area contributed by atoms with Gasteiger partial charge in [0.05, 0.1) is 17.3 Å². The zero-order chi connectivity index (χ0) is 22.6. The maximum Gasteiger partial charge on any atom is 0.257 e. The number of nitrogens with zero attached hydrogens (tertiary/aromatic N) is 3. The van der Waals surface area contributed by atoms with E-state index in [0.717, 1.165) is 23.1 Å². The van der Waals surface area contributed by atoms with Crippen molar-refractivity contribution < 1.29 is 22.8 Å². The lowest BCUT2D eigenvalue weighted by molar-refractivity contribution is 0.0682. The van der Waals surface area contributed by atoms with E-state index < -0.39 is 11.6 Å². The molecule has 0 N–H and O–H groups in total. The summed E-state index contributed by atoms with van der Waals surface area (Å²) in [5.41, 5.74) is 3.12. The Bertz CT molecular complexity index is 1190. The number of fused-ring (bicyclic) bond motifs is 2. The first-order valence-electron chi connectivity index (χ1n) is 10.5. The number of hydrogen-bond acceptors (Lipinski definition) is 5. The number of carbonyl (C=O) groups excluding carboxylic acids is 1. The number of likely N-dealkylation sites (tertiary alicyclic amines) is 1. The number of aromatic nitrogens is 1. The Balaban J connectivity index is 1.45. The van der Waals surface area contributed by atoms with Crippen molar-refractivity contribution in [3.05, 3.63) is 70.6 Å². The van der Waals surface area contributed by atoms with Gasteiger partial charge in [-0.15, -0.1) is 0 Å². The van der Waals surface area contributed by atoms with Gasteiger partial charge >= 0.3 is 0 Å². The van der Waals surface area contributed by atoms with E-state index in [0.29, 0.717) is 36.5 Å². The highest BCUT2D eigenvalue weighted by atomic mass is 19.1. The number of rotatable bonds is 3. The van der Waals surface area contributed by atoms with Crippen LogP contribution in [0.3, 0.4) is 0 Å². The largest absolute Gasteiger partial charge is 0.486 e. The smallest absolute Gasteiger partial charge is 0.257 e. The second-order valence-corrected chi connectivity index (χ2v) is 8.47. The molecule has 3 aromatic rings. The summed E-state index contributed by atoms with van der Waals surface area (Å²) in [5, 5.41) is 4.02. The molecule has 1 saturated heterocycles. The first-order valence-corrected chi connectivity index (χ1v) is 10.5. The van der Waals surface area contributed by atoms with Gasteiger partial charge in [-0.25, -0.2) is 8.78 Å². The van der Waals surface area contributed by atoms with Crippen LogP contribution in [0.1, 0.15) is 27.4 Å². The number of aryl methyl sites for hydroxylation is 2. The maximum atomic E-state index is 14.3. The molecule has 1 amide bonds. The van der Waals surface area contributed by atoms with Gasteiger partial charge in [-0.05, 0) is 43.7 Å². The van der Waals surface area contributed by atoms with E-state index >= 15 is 0 Å². The minimum Gasteiger partial charge on any atom is -0.486 e. The molecular weight excluding hydrogens is 416 g/mol. The molecule has 0 spiro atoms. The van der Waals surface area contributed by atoms with Crippen LogP contribution in [0, 0.1) is 25.5 Å². The molecule has 2 aliphatic rings. The molecular formula is C24H23F2N3O3. The average molecular weight is 439 g/mol. The molecule has 0 radical (unpaired) electrons. The van der Waals surface area contributed by atoms with Crippen molar-refractivity contribution >= 4 is 5.91 Å². The van der Waals surface area contributed by atoms with Crippen LogP contribution in [-0.4, -0.2) is 53.1 Å². The number of ether oxygens (including phenoxy) is 1. The summed E-state index contributed by atoms with van der Waals surface area (Å²) < 4.78 is 39.2. The lowest BCUT2D eigenvalue weighted by atomic mass is 10.0. The molecule has 0 saturated carbocycles. The van der Waals surface area contributed by atoms with E-state index in [9.17, 15) is 13.6 Å². The highest BCUT2D eigenvalue weighted by Gasteiger charge is 2.42. The van der Waals surface area contributed by atoms with Crippen molar-refractivity contribution in [2.75, 3.05) is 20.1 Å². The quantitative estimate of drug-likeness (QED) is 0.619. The third-order valence-corrected chi connectivity index (χ3v) is 6.43. The van der Waals surface area contributed by atoms with Crippen molar-refractivity contribution in [3.63, 3.8) is 0 Å². The Morgan fingerprint density at radius 3 is 2.59 bits per heavy atom. The van der Waals surface area contributed by atoms with Gasteiger partial charge in [0.1, 0.15) is 29.2 Å². The normalized spacial score (nSPS) is 20.7. The average Bonchev–Trinajstić information content (AvgIpc) is 3.28. The molecule has 1 aromatic heterocycles. The fourth-order valence-corrected chi connectivity index (χ4v) is 4.59. The van der Waals surface area contributed by atoms with Gasteiger partial charge in [0.25, 0.3) is 5.91 Å². The fourth-order valence-electron chi connectivity index (χ4n) is 4.59. The molecule has 2 aliphatic heterocycles. The summed E-state index contributed by atoms with van der Waals surface area (Å²) in [6.07, 6.45) is -0.237. The van der Waals surface area contributed by atoms with Crippen LogP contribution in [0.5, 0.6) is 5.75 Å². The number of amides is 1. The summed E-state index contributed by atoms with van der Waals surface area (Å²) in [6, 6.07) is 8.30. The highest BCUT2D eigenvalue weighted by molar-refractivity contribution is 5.98. The molecule has 5 rings (SSSR count). The molecule has 2 atom stereocenters. The van der Waals surface area contributed by atoms with Crippen molar-refractivity contribution in [2.24, 2.45) is 0 Å². The van der Waals surface area contributed by atoms with Crippen molar-refractivity contribution in [2.45, 2.75) is 32.5 Å².